The molecule has 0 bridgehead atoms. The number of nitrogens with one attached hydrogen (secondary N) is 1. The molecule has 31 heavy (non-hydrogen) atoms. The molecule has 2 aromatic carbocycles. The number of carbonyl (C=O) groups excluding carboxylic acids is 1. The number of ketones is 1. The van der Waals surface area contributed by atoms with Crippen molar-refractivity contribution in [2.45, 2.75) is 18.6 Å². The summed E-state index contributed by atoms with van der Waals surface area (Å²) in [4.78, 5) is 30.2. The molecule has 162 valence electrons. The number of anilines is 1. The first-order valence-corrected chi connectivity index (χ1v) is 10.5. The molecular weight excluding hydrogens is 421 g/mol. The highest BCUT2D eigenvalue weighted by atomic mass is 32.2. The lowest BCUT2D eigenvalue weighted by Gasteiger charge is -2.07. The van der Waals surface area contributed by atoms with Crippen LogP contribution in [0.4, 0.5) is 15.9 Å². The van der Waals surface area contributed by atoms with E-state index >= 15 is 0 Å². The van der Waals surface area contributed by atoms with Crippen molar-refractivity contribution in [2.75, 3.05) is 18.1 Å². The fourth-order valence-electron chi connectivity index (χ4n) is 2.51. The van der Waals surface area contributed by atoms with E-state index in [0.29, 0.717) is 12.1 Å². The van der Waals surface area contributed by atoms with Gasteiger partial charge in [-0.2, -0.15) is 4.39 Å². The highest BCUT2D eigenvalue weighted by Gasteiger charge is 2.18. The number of thioether (sulfide) groups is 1. The Kier molecular flexibility index (Phi) is 9.04. The lowest BCUT2D eigenvalue weighted by Crippen LogP contribution is -2.08. The van der Waals surface area contributed by atoms with Gasteiger partial charge in [-0.05, 0) is 25.3 Å². The molecule has 3 rings (SSSR count). The van der Waals surface area contributed by atoms with Gasteiger partial charge in [-0.1, -0.05) is 42.1 Å². The first-order chi connectivity index (χ1) is 14.9. The van der Waals surface area contributed by atoms with Crippen LogP contribution in [-0.2, 0) is 6.54 Å². The number of nitrogens with zero attached hydrogens (tertiary/aromatic N) is 3. The second kappa shape index (κ2) is 11.7. The summed E-state index contributed by atoms with van der Waals surface area (Å²) in [5.74, 6) is -0.479. The van der Waals surface area contributed by atoms with E-state index in [1.54, 1.807) is 36.5 Å². The van der Waals surface area contributed by atoms with Crippen molar-refractivity contribution in [3.63, 3.8) is 0 Å². The van der Waals surface area contributed by atoms with E-state index in [4.69, 9.17) is 5.73 Å². The maximum Gasteiger partial charge on any atom is 0.305 e. The van der Waals surface area contributed by atoms with E-state index in [2.05, 4.69) is 15.3 Å². The highest BCUT2D eigenvalue weighted by Crippen LogP contribution is 2.20. The van der Waals surface area contributed by atoms with Gasteiger partial charge in [0.25, 0.3) is 0 Å². The molecule has 1 heterocycles. The van der Waals surface area contributed by atoms with Crippen molar-refractivity contribution < 1.29 is 14.1 Å². The minimum atomic E-state index is -0.954. The van der Waals surface area contributed by atoms with Crippen molar-refractivity contribution in [3.05, 3.63) is 87.3 Å². The maximum absolute atomic E-state index is 13.1. The molecule has 10 heteroatoms. The van der Waals surface area contributed by atoms with Gasteiger partial charge in [0.15, 0.2) is 10.9 Å². The number of rotatable bonds is 7. The summed E-state index contributed by atoms with van der Waals surface area (Å²) >= 11 is 1.52. The van der Waals surface area contributed by atoms with Crippen LogP contribution in [0.25, 0.3) is 0 Å². The van der Waals surface area contributed by atoms with Crippen LogP contribution in [0.2, 0.25) is 0 Å². The third kappa shape index (κ3) is 6.56. The smallest absolute Gasteiger partial charge is 0.305 e. The fourth-order valence-corrected chi connectivity index (χ4v) is 2.85. The van der Waals surface area contributed by atoms with Crippen molar-refractivity contribution in [2.24, 2.45) is 5.73 Å². The van der Waals surface area contributed by atoms with Crippen molar-refractivity contribution in [3.8, 4) is 0 Å². The number of nitro benzene ring substituents is 1. The van der Waals surface area contributed by atoms with E-state index in [1.807, 2.05) is 13.2 Å². The molecule has 1 aromatic heterocycles. The SMILES string of the molecule is CCNc1nc(SC)ncc1CN.O=C(c1ccccc1)c1ccc(F)c([N+](=O)[O-])c1. The first-order valence-electron chi connectivity index (χ1n) is 9.28. The Balaban J connectivity index is 0.000000233. The Labute approximate surface area is 183 Å². The molecule has 8 nitrogen and oxygen atoms in total. The Hall–Kier alpha value is -3.37. The molecule has 0 radical (unpaired) electrons. The molecule has 0 atom stereocenters. The fraction of sp³-hybridized carbons (Fsp3) is 0.190. The average molecular weight is 444 g/mol. The summed E-state index contributed by atoms with van der Waals surface area (Å²) in [6.07, 6.45) is 3.73. The third-order valence-corrected chi connectivity index (χ3v) is 4.59. The van der Waals surface area contributed by atoms with Crippen molar-refractivity contribution in [1.82, 2.24) is 9.97 Å². The van der Waals surface area contributed by atoms with Gasteiger partial charge in [0.1, 0.15) is 5.82 Å². The Morgan fingerprint density at radius 3 is 2.52 bits per heavy atom. The van der Waals surface area contributed by atoms with Gasteiger partial charge in [-0.25, -0.2) is 9.97 Å². The van der Waals surface area contributed by atoms with E-state index in [9.17, 15) is 19.3 Å². The summed E-state index contributed by atoms with van der Waals surface area (Å²) in [6.45, 7) is 3.34. The molecule has 0 spiro atoms. The predicted octanol–water partition coefficient (Wildman–Crippen LogP) is 4.05. The molecular formula is C21H22FN5O3S. The van der Waals surface area contributed by atoms with Crippen LogP contribution in [0.1, 0.15) is 28.4 Å². The van der Waals surface area contributed by atoms with Gasteiger partial charge in [0, 0.05) is 42.0 Å². The van der Waals surface area contributed by atoms with Gasteiger partial charge in [0.2, 0.25) is 5.82 Å². The number of benzene rings is 2. The largest absolute Gasteiger partial charge is 0.370 e. The summed E-state index contributed by atoms with van der Waals surface area (Å²) in [5.41, 5.74) is 6.30. The summed E-state index contributed by atoms with van der Waals surface area (Å²) in [6, 6.07) is 11.4. The molecule has 0 saturated heterocycles. The van der Waals surface area contributed by atoms with E-state index < -0.39 is 16.4 Å². The third-order valence-electron chi connectivity index (χ3n) is 4.03. The molecule has 0 fully saturated rings. The van der Waals surface area contributed by atoms with Crippen molar-refractivity contribution in [1.29, 1.82) is 0 Å². The molecule has 0 saturated carbocycles. The minimum Gasteiger partial charge on any atom is -0.370 e. The number of carbonyl (C=O) groups is 1. The van der Waals surface area contributed by atoms with Gasteiger partial charge < -0.3 is 11.1 Å². The van der Waals surface area contributed by atoms with Gasteiger partial charge in [-0.15, -0.1) is 0 Å². The summed E-state index contributed by atoms with van der Waals surface area (Å²) < 4.78 is 13.1. The second-order valence-electron chi connectivity index (χ2n) is 6.08. The summed E-state index contributed by atoms with van der Waals surface area (Å²) in [7, 11) is 0. The quantitative estimate of drug-likeness (QED) is 0.184. The Morgan fingerprint density at radius 2 is 1.94 bits per heavy atom. The van der Waals surface area contributed by atoms with E-state index in [-0.39, 0.29) is 11.3 Å². The standard InChI is InChI=1S/C13H8FNO3.C8H14N4S/c14-11-7-6-10(8-12(11)15(17)18)13(16)9-4-2-1-3-5-9;1-3-10-7-6(4-9)5-11-8(12-7)13-2/h1-8H;5H,3-4,9H2,1-2H3,(H,10,11,12). The van der Waals surface area contributed by atoms with Crippen LogP contribution in [0.15, 0.2) is 59.9 Å². The van der Waals surface area contributed by atoms with Gasteiger partial charge in [0.05, 0.1) is 4.92 Å². The maximum atomic E-state index is 13.1. The molecule has 0 aliphatic heterocycles. The molecule has 3 N–H and O–H groups in total. The van der Waals surface area contributed by atoms with Crippen LogP contribution in [-0.4, -0.2) is 33.5 Å². The molecule has 0 unspecified atom stereocenters. The first kappa shape index (κ1) is 23.9. The zero-order chi connectivity index (χ0) is 22.8. The second-order valence-corrected chi connectivity index (χ2v) is 6.86. The number of hydrogen-bond donors (Lipinski definition) is 2. The van der Waals surface area contributed by atoms with Crippen LogP contribution >= 0.6 is 11.8 Å². The molecule has 3 aromatic rings. The van der Waals surface area contributed by atoms with Crippen LogP contribution in [0.3, 0.4) is 0 Å². The molecule has 0 aliphatic carbocycles. The average Bonchev–Trinajstić information content (AvgIpc) is 2.80. The van der Waals surface area contributed by atoms with Crippen LogP contribution in [0.5, 0.6) is 0 Å². The summed E-state index contributed by atoms with van der Waals surface area (Å²) in [5, 5.41) is 14.5. The van der Waals surface area contributed by atoms with Crippen molar-refractivity contribution >= 4 is 29.1 Å². The zero-order valence-electron chi connectivity index (χ0n) is 17.0. The number of hydrogen-bond acceptors (Lipinski definition) is 8. The minimum absolute atomic E-state index is 0.0919. The van der Waals surface area contributed by atoms with Gasteiger partial charge in [-0.3, -0.25) is 14.9 Å². The Morgan fingerprint density at radius 1 is 1.23 bits per heavy atom. The Bertz CT molecular complexity index is 1050. The van der Waals surface area contributed by atoms with Crippen LogP contribution in [0, 0.1) is 15.9 Å². The number of nitrogens with two attached hydrogens (primary N) is 1. The van der Waals surface area contributed by atoms with E-state index in [0.717, 1.165) is 35.2 Å². The van der Waals surface area contributed by atoms with Crippen LogP contribution < -0.4 is 11.1 Å². The number of halogens is 1. The lowest BCUT2D eigenvalue weighted by atomic mass is 10.0. The predicted molar refractivity (Wildman–Crippen MR) is 119 cm³/mol. The topological polar surface area (TPSA) is 124 Å². The molecule has 0 amide bonds. The van der Waals surface area contributed by atoms with Gasteiger partial charge >= 0.3 is 5.69 Å². The normalized spacial score (nSPS) is 10.1. The monoisotopic (exact) mass is 443 g/mol. The number of nitro groups is 1. The molecule has 0 aliphatic rings. The zero-order valence-corrected chi connectivity index (χ0v) is 17.9. The lowest BCUT2D eigenvalue weighted by molar-refractivity contribution is -0.387. The highest BCUT2D eigenvalue weighted by molar-refractivity contribution is 7.98. The van der Waals surface area contributed by atoms with E-state index in [1.165, 1.54) is 17.8 Å². The number of aromatic nitrogens is 2.